The van der Waals surface area contributed by atoms with E-state index in [0.717, 1.165) is 70.0 Å². The quantitative estimate of drug-likeness (QED) is 0.473. The van der Waals surface area contributed by atoms with Gasteiger partial charge in [0, 0.05) is 44.5 Å². The van der Waals surface area contributed by atoms with Crippen molar-refractivity contribution in [1.82, 2.24) is 19.4 Å². The molecule has 1 aromatic heterocycles. The second kappa shape index (κ2) is 10.6. The maximum atomic E-state index is 13.5. The fourth-order valence-electron chi connectivity index (χ4n) is 5.90. The van der Waals surface area contributed by atoms with Gasteiger partial charge < -0.3 is 14.4 Å². The van der Waals surface area contributed by atoms with Crippen molar-refractivity contribution in [1.29, 1.82) is 0 Å². The summed E-state index contributed by atoms with van der Waals surface area (Å²) in [6.07, 6.45) is 2.06. The van der Waals surface area contributed by atoms with E-state index in [2.05, 4.69) is 95.5 Å². The number of para-hydroxylation sites is 2. The Hall–Kier alpha value is -2.86. The Bertz CT molecular complexity index is 1170. The number of piperazine rings is 1. The van der Waals surface area contributed by atoms with Gasteiger partial charge in [0.1, 0.15) is 5.82 Å². The van der Waals surface area contributed by atoms with Crippen molar-refractivity contribution in [3.63, 3.8) is 0 Å². The van der Waals surface area contributed by atoms with Gasteiger partial charge in [0.15, 0.2) is 0 Å². The van der Waals surface area contributed by atoms with Crippen LogP contribution < -0.4 is 4.90 Å². The number of amides is 1. The fourth-order valence-corrected chi connectivity index (χ4v) is 5.90. The molecule has 0 unspecified atom stereocenters. The van der Waals surface area contributed by atoms with E-state index in [1.165, 1.54) is 16.8 Å². The molecule has 1 amide bonds. The van der Waals surface area contributed by atoms with Crippen LogP contribution in [0.25, 0.3) is 11.0 Å². The highest BCUT2D eigenvalue weighted by molar-refractivity contribution is 5.79. The zero-order chi connectivity index (χ0) is 25.2. The SMILES string of the molecule is CC(C)c1ccc(N2CCN(C(=O)[C@@H]3CCCN(Cc4nc5ccccc5n4C(C)C)C3)CC2)cc1. The Kier molecular flexibility index (Phi) is 7.33. The number of rotatable bonds is 6. The van der Waals surface area contributed by atoms with Gasteiger partial charge in [-0.05, 0) is 69.0 Å². The third-order valence-electron chi connectivity index (χ3n) is 7.92. The Morgan fingerprint density at radius 3 is 2.36 bits per heavy atom. The van der Waals surface area contributed by atoms with E-state index in [-0.39, 0.29) is 5.92 Å². The number of aromatic nitrogens is 2. The van der Waals surface area contributed by atoms with Gasteiger partial charge in [-0.1, -0.05) is 38.1 Å². The van der Waals surface area contributed by atoms with E-state index in [1.807, 2.05) is 0 Å². The molecule has 192 valence electrons. The molecular weight excluding hydrogens is 446 g/mol. The highest BCUT2D eigenvalue weighted by Gasteiger charge is 2.31. The minimum atomic E-state index is 0.0903. The molecule has 5 rings (SSSR count). The van der Waals surface area contributed by atoms with Crippen molar-refractivity contribution >= 4 is 22.6 Å². The van der Waals surface area contributed by atoms with E-state index in [4.69, 9.17) is 4.98 Å². The van der Waals surface area contributed by atoms with Crippen molar-refractivity contribution in [3.05, 3.63) is 59.9 Å². The molecule has 2 aromatic carbocycles. The molecule has 2 saturated heterocycles. The molecule has 0 spiro atoms. The van der Waals surface area contributed by atoms with Crippen LogP contribution in [0.5, 0.6) is 0 Å². The molecule has 6 heteroatoms. The van der Waals surface area contributed by atoms with Crippen LogP contribution in [0.1, 0.15) is 63.9 Å². The second-order valence-electron chi connectivity index (χ2n) is 11.1. The topological polar surface area (TPSA) is 44.6 Å². The molecule has 0 radical (unpaired) electrons. The van der Waals surface area contributed by atoms with Crippen molar-refractivity contribution < 1.29 is 4.79 Å². The predicted molar refractivity (Wildman–Crippen MR) is 147 cm³/mol. The molecule has 0 saturated carbocycles. The largest absolute Gasteiger partial charge is 0.368 e. The third-order valence-corrected chi connectivity index (χ3v) is 7.92. The van der Waals surface area contributed by atoms with Crippen LogP contribution in [0.15, 0.2) is 48.5 Å². The zero-order valence-electron chi connectivity index (χ0n) is 22.4. The number of carbonyl (C=O) groups excluding carboxylic acids is 1. The lowest BCUT2D eigenvalue weighted by Crippen LogP contribution is -2.52. The summed E-state index contributed by atoms with van der Waals surface area (Å²) in [5.74, 6) is 2.09. The van der Waals surface area contributed by atoms with Crippen molar-refractivity contribution in [2.45, 2.75) is 59.0 Å². The van der Waals surface area contributed by atoms with Gasteiger partial charge in [-0.15, -0.1) is 0 Å². The number of benzene rings is 2. The number of likely N-dealkylation sites (tertiary alicyclic amines) is 1. The molecule has 0 N–H and O–H groups in total. The van der Waals surface area contributed by atoms with Crippen LogP contribution in [-0.2, 0) is 11.3 Å². The minimum Gasteiger partial charge on any atom is -0.368 e. The summed E-state index contributed by atoms with van der Waals surface area (Å²) in [5.41, 5.74) is 4.90. The lowest BCUT2D eigenvalue weighted by molar-refractivity contribution is -0.137. The first-order valence-corrected chi connectivity index (χ1v) is 13.7. The average molecular weight is 488 g/mol. The standard InChI is InChI=1S/C30H41N5O/c1-22(2)24-11-13-26(14-12-24)33-16-18-34(19-17-33)30(36)25-8-7-15-32(20-25)21-29-31-27-9-5-6-10-28(27)35(29)23(3)4/h5-6,9-14,22-23,25H,7-8,15-21H2,1-4H3/t25-/m1/s1. The molecule has 3 aromatic rings. The molecule has 3 heterocycles. The van der Waals surface area contributed by atoms with E-state index >= 15 is 0 Å². The second-order valence-corrected chi connectivity index (χ2v) is 11.1. The fraction of sp³-hybridized carbons (Fsp3) is 0.533. The van der Waals surface area contributed by atoms with Gasteiger partial charge in [-0.3, -0.25) is 9.69 Å². The first-order chi connectivity index (χ1) is 17.4. The predicted octanol–water partition coefficient (Wildman–Crippen LogP) is 5.30. The highest BCUT2D eigenvalue weighted by atomic mass is 16.2. The molecule has 2 aliphatic rings. The molecule has 0 bridgehead atoms. The van der Waals surface area contributed by atoms with E-state index in [9.17, 15) is 4.79 Å². The molecule has 1 atom stereocenters. The van der Waals surface area contributed by atoms with E-state index < -0.39 is 0 Å². The molecule has 6 nitrogen and oxygen atoms in total. The normalized spacial score (nSPS) is 19.6. The number of anilines is 1. The van der Waals surface area contributed by atoms with Crippen LogP contribution in [-0.4, -0.2) is 64.5 Å². The van der Waals surface area contributed by atoms with Gasteiger partial charge in [-0.2, -0.15) is 0 Å². The lowest BCUT2D eigenvalue weighted by Gasteiger charge is -2.39. The zero-order valence-corrected chi connectivity index (χ0v) is 22.4. The average Bonchev–Trinajstić information content (AvgIpc) is 3.26. The first-order valence-electron chi connectivity index (χ1n) is 13.7. The Labute approximate surface area is 215 Å². The van der Waals surface area contributed by atoms with Crippen LogP contribution in [0.3, 0.4) is 0 Å². The maximum absolute atomic E-state index is 13.5. The summed E-state index contributed by atoms with van der Waals surface area (Å²) in [6.45, 7) is 15.0. The summed E-state index contributed by atoms with van der Waals surface area (Å²) < 4.78 is 2.35. The number of carbonyl (C=O) groups is 1. The summed E-state index contributed by atoms with van der Waals surface area (Å²) in [4.78, 5) is 25.4. The minimum absolute atomic E-state index is 0.0903. The Balaban J connectivity index is 1.19. The number of fused-ring (bicyclic) bond motifs is 1. The molecule has 2 aliphatic heterocycles. The van der Waals surface area contributed by atoms with Gasteiger partial charge in [0.2, 0.25) is 5.91 Å². The van der Waals surface area contributed by atoms with Crippen LogP contribution in [0.2, 0.25) is 0 Å². The number of nitrogens with zero attached hydrogens (tertiary/aromatic N) is 5. The lowest BCUT2D eigenvalue weighted by atomic mass is 9.96. The van der Waals surface area contributed by atoms with E-state index in [0.29, 0.717) is 17.9 Å². The van der Waals surface area contributed by atoms with Crippen LogP contribution in [0.4, 0.5) is 5.69 Å². The van der Waals surface area contributed by atoms with Crippen LogP contribution in [0, 0.1) is 5.92 Å². The molecular formula is C30H41N5O. The van der Waals surface area contributed by atoms with Gasteiger partial charge in [-0.25, -0.2) is 4.98 Å². The van der Waals surface area contributed by atoms with Gasteiger partial charge >= 0.3 is 0 Å². The van der Waals surface area contributed by atoms with Crippen molar-refractivity contribution in [2.75, 3.05) is 44.2 Å². The highest BCUT2D eigenvalue weighted by Crippen LogP contribution is 2.26. The number of imidazole rings is 1. The van der Waals surface area contributed by atoms with Crippen LogP contribution >= 0.6 is 0 Å². The smallest absolute Gasteiger partial charge is 0.227 e. The number of hydrogen-bond donors (Lipinski definition) is 0. The van der Waals surface area contributed by atoms with E-state index in [1.54, 1.807) is 0 Å². The van der Waals surface area contributed by atoms with Crippen molar-refractivity contribution in [2.24, 2.45) is 5.92 Å². The number of hydrogen-bond acceptors (Lipinski definition) is 4. The Morgan fingerprint density at radius 2 is 1.67 bits per heavy atom. The Morgan fingerprint density at radius 1 is 0.944 bits per heavy atom. The maximum Gasteiger partial charge on any atom is 0.227 e. The third kappa shape index (κ3) is 5.15. The number of piperidine rings is 1. The van der Waals surface area contributed by atoms with Crippen molar-refractivity contribution in [3.8, 4) is 0 Å². The molecule has 36 heavy (non-hydrogen) atoms. The summed E-state index contributed by atoms with van der Waals surface area (Å²) >= 11 is 0. The van der Waals surface area contributed by atoms with Gasteiger partial charge in [0.25, 0.3) is 0 Å². The first kappa shape index (κ1) is 24.8. The summed E-state index contributed by atoms with van der Waals surface area (Å²) in [7, 11) is 0. The van der Waals surface area contributed by atoms with Gasteiger partial charge in [0.05, 0.1) is 23.5 Å². The molecule has 0 aliphatic carbocycles. The molecule has 2 fully saturated rings. The summed E-state index contributed by atoms with van der Waals surface area (Å²) in [5, 5.41) is 0. The summed E-state index contributed by atoms with van der Waals surface area (Å²) in [6, 6.07) is 17.7. The monoisotopic (exact) mass is 487 g/mol.